The van der Waals surface area contributed by atoms with Crippen LogP contribution < -0.4 is 4.74 Å². The van der Waals surface area contributed by atoms with Crippen LogP contribution in [0, 0.1) is 10.1 Å². The van der Waals surface area contributed by atoms with E-state index in [1.807, 2.05) is 19.1 Å². The van der Waals surface area contributed by atoms with E-state index in [0.29, 0.717) is 5.56 Å². The molecular weight excluding hydrogens is 338 g/mol. The summed E-state index contributed by atoms with van der Waals surface area (Å²) < 4.78 is 10.1. The topological polar surface area (TPSA) is 95.7 Å². The Kier molecular flexibility index (Phi) is 6.43. The van der Waals surface area contributed by atoms with Crippen molar-refractivity contribution in [3.8, 4) is 5.75 Å². The van der Waals surface area contributed by atoms with Crippen LogP contribution in [0.2, 0.25) is 0 Å². The van der Waals surface area contributed by atoms with Gasteiger partial charge in [0.15, 0.2) is 18.1 Å². The fourth-order valence-corrected chi connectivity index (χ4v) is 2.29. The molecule has 0 aliphatic heterocycles. The third-order valence-corrected chi connectivity index (χ3v) is 3.71. The minimum absolute atomic E-state index is 0.0192. The molecule has 136 valence electrons. The van der Waals surface area contributed by atoms with Gasteiger partial charge in [0.1, 0.15) is 0 Å². The van der Waals surface area contributed by atoms with Gasteiger partial charge in [-0.05, 0) is 31.0 Å². The number of hydrogen-bond donors (Lipinski definition) is 0. The zero-order valence-corrected chi connectivity index (χ0v) is 14.6. The van der Waals surface area contributed by atoms with Crippen molar-refractivity contribution in [3.05, 3.63) is 69.3 Å². The van der Waals surface area contributed by atoms with E-state index in [0.717, 1.165) is 18.1 Å². The Morgan fingerprint density at radius 3 is 2.27 bits per heavy atom. The van der Waals surface area contributed by atoms with Crippen LogP contribution in [0.1, 0.15) is 40.1 Å². The lowest BCUT2D eigenvalue weighted by Gasteiger charge is -2.07. The van der Waals surface area contributed by atoms with Gasteiger partial charge >= 0.3 is 11.7 Å². The summed E-state index contributed by atoms with van der Waals surface area (Å²) in [5.41, 5.74) is 1.19. The van der Waals surface area contributed by atoms with E-state index < -0.39 is 17.5 Å². The third-order valence-electron chi connectivity index (χ3n) is 3.71. The average Bonchev–Trinajstić information content (AvgIpc) is 2.66. The normalized spacial score (nSPS) is 10.2. The second-order valence-corrected chi connectivity index (χ2v) is 5.42. The van der Waals surface area contributed by atoms with Gasteiger partial charge in [0.05, 0.1) is 17.1 Å². The van der Waals surface area contributed by atoms with E-state index in [2.05, 4.69) is 0 Å². The van der Waals surface area contributed by atoms with E-state index in [1.165, 1.54) is 12.1 Å². The summed E-state index contributed by atoms with van der Waals surface area (Å²) in [4.78, 5) is 34.6. The molecule has 0 spiro atoms. The summed E-state index contributed by atoms with van der Waals surface area (Å²) in [7, 11) is 0. The van der Waals surface area contributed by atoms with Gasteiger partial charge in [-0.2, -0.15) is 0 Å². The zero-order chi connectivity index (χ0) is 19.1. The number of nitro benzene ring substituents is 1. The second kappa shape index (κ2) is 8.75. The Hall–Kier alpha value is -3.22. The number of carbonyl (C=O) groups excluding carboxylic acids is 2. The quantitative estimate of drug-likeness (QED) is 0.310. The lowest BCUT2D eigenvalue weighted by Crippen LogP contribution is -2.14. The number of esters is 1. The van der Waals surface area contributed by atoms with Crippen LogP contribution in [-0.4, -0.2) is 29.9 Å². The highest BCUT2D eigenvalue weighted by Gasteiger charge is 2.20. The molecule has 7 nitrogen and oxygen atoms in total. The van der Waals surface area contributed by atoms with Crippen molar-refractivity contribution in [2.75, 3.05) is 13.2 Å². The van der Waals surface area contributed by atoms with E-state index in [-0.39, 0.29) is 29.4 Å². The zero-order valence-electron chi connectivity index (χ0n) is 14.6. The Bertz CT molecular complexity index is 813. The first-order valence-corrected chi connectivity index (χ1v) is 8.16. The highest BCUT2D eigenvalue weighted by atomic mass is 16.6. The van der Waals surface area contributed by atoms with E-state index in [1.54, 1.807) is 19.1 Å². The molecule has 2 aromatic rings. The van der Waals surface area contributed by atoms with Crippen LogP contribution in [0.3, 0.4) is 0 Å². The van der Waals surface area contributed by atoms with E-state index in [4.69, 9.17) is 9.47 Å². The fraction of sp³-hybridized carbons (Fsp3) is 0.263. The number of ether oxygens (including phenoxy) is 2. The molecule has 0 unspecified atom stereocenters. The van der Waals surface area contributed by atoms with Crippen LogP contribution in [0.15, 0.2) is 42.5 Å². The molecule has 0 aliphatic rings. The lowest BCUT2D eigenvalue weighted by molar-refractivity contribution is -0.385. The number of rotatable bonds is 8. The molecular formula is C19H19NO6. The van der Waals surface area contributed by atoms with Gasteiger partial charge in [0.25, 0.3) is 0 Å². The summed E-state index contributed by atoms with van der Waals surface area (Å²) in [6, 6.07) is 10.8. The average molecular weight is 357 g/mol. The van der Waals surface area contributed by atoms with Crippen molar-refractivity contribution >= 4 is 17.4 Å². The predicted octanol–water partition coefficient (Wildman–Crippen LogP) is 3.60. The molecule has 2 aromatic carbocycles. The van der Waals surface area contributed by atoms with E-state index in [9.17, 15) is 19.7 Å². The monoisotopic (exact) mass is 357 g/mol. The fourth-order valence-electron chi connectivity index (χ4n) is 2.29. The Morgan fingerprint density at radius 2 is 1.69 bits per heavy atom. The van der Waals surface area contributed by atoms with Crippen molar-refractivity contribution in [1.29, 1.82) is 0 Å². The van der Waals surface area contributed by atoms with Crippen molar-refractivity contribution in [2.24, 2.45) is 0 Å². The number of nitro groups is 1. The second-order valence-electron chi connectivity index (χ2n) is 5.42. The lowest BCUT2D eigenvalue weighted by atomic mass is 10.1. The Morgan fingerprint density at radius 1 is 1.04 bits per heavy atom. The number of ketones is 1. The van der Waals surface area contributed by atoms with Gasteiger partial charge in [-0.15, -0.1) is 0 Å². The molecule has 0 heterocycles. The molecule has 0 radical (unpaired) electrons. The van der Waals surface area contributed by atoms with Gasteiger partial charge in [-0.3, -0.25) is 14.9 Å². The molecule has 0 saturated heterocycles. The molecule has 0 fully saturated rings. The Balaban J connectivity index is 2.05. The summed E-state index contributed by atoms with van der Waals surface area (Å²) in [6.45, 7) is 3.53. The minimum Gasteiger partial charge on any atom is -0.487 e. The van der Waals surface area contributed by atoms with Crippen molar-refractivity contribution < 1.29 is 24.0 Å². The molecule has 0 aliphatic carbocycles. The maximum Gasteiger partial charge on any atom is 0.338 e. The van der Waals surface area contributed by atoms with Gasteiger partial charge in [0, 0.05) is 11.6 Å². The number of hydrogen-bond acceptors (Lipinski definition) is 6. The molecule has 2 rings (SSSR count). The number of Topliss-reactive ketones (excluding diaryl/α,β-unsaturated/α-hetero) is 1. The minimum atomic E-state index is -0.810. The standard InChI is InChI=1S/C19H19NO6/c1-3-13-5-7-14(8-6-13)17(21)12-26-19(22)15-9-10-18(25-4-2)16(11-15)20(23)24/h5-11H,3-4,12H2,1-2H3. The SMILES string of the molecule is CCOc1ccc(C(=O)OCC(=O)c2ccc(CC)cc2)cc1[N+](=O)[O-]. The smallest absolute Gasteiger partial charge is 0.338 e. The molecule has 0 amide bonds. The molecule has 0 aromatic heterocycles. The highest BCUT2D eigenvalue weighted by molar-refractivity contribution is 5.99. The predicted molar refractivity (Wildman–Crippen MR) is 94.7 cm³/mol. The third kappa shape index (κ3) is 4.66. The Labute approximate surface area is 150 Å². The summed E-state index contributed by atoms with van der Waals surface area (Å²) >= 11 is 0. The molecule has 0 atom stereocenters. The molecule has 0 bridgehead atoms. The number of benzene rings is 2. The molecule has 0 N–H and O–H groups in total. The summed E-state index contributed by atoms with van der Waals surface area (Å²) in [5.74, 6) is -1.09. The van der Waals surface area contributed by atoms with Gasteiger partial charge in [-0.25, -0.2) is 4.79 Å². The first-order chi connectivity index (χ1) is 12.5. The van der Waals surface area contributed by atoms with Crippen molar-refractivity contribution in [2.45, 2.75) is 20.3 Å². The van der Waals surface area contributed by atoms with E-state index >= 15 is 0 Å². The number of nitrogens with zero attached hydrogens (tertiary/aromatic N) is 1. The first-order valence-electron chi connectivity index (χ1n) is 8.16. The first kappa shape index (κ1) is 19.1. The molecule has 0 saturated carbocycles. The van der Waals surface area contributed by atoms with Crippen molar-refractivity contribution in [3.63, 3.8) is 0 Å². The molecule has 7 heteroatoms. The molecule has 26 heavy (non-hydrogen) atoms. The largest absolute Gasteiger partial charge is 0.487 e. The van der Waals surface area contributed by atoms with Crippen LogP contribution in [0.5, 0.6) is 5.75 Å². The van der Waals surface area contributed by atoms with Crippen LogP contribution >= 0.6 is 0 Å². The maximum atomic E-state index is 12.1. The number of carbonyl (C=O) groups is 2. The van der Waals surface area contributed by atoms with Crippen LogP contribution in [0.4, 0.5) is 5.69 Å². The summed E-state index contributed by atoms with van der Waals surface area (Å²) in [6.07, 6.45) is 0.861. The highest BCUT2D eigenvalue weighted by Crippen LogP contribution is 2.28. The van der Waals surface area contributed by atoms with Crippen LogP contribution in [0.25, 0.3) is 0 Å². The summed E-state index contributed by atoms with van der Waals surface area (Å²) in [5, 5.41) is 11.1. The number of aryl methyl sites for hydroxylation is 1. The van der Waals surface area contributed by atoms with Crippen molar-refractivity contribution in [1.82, 2.24) is 0 Å². The van der Waals surface area contributed by atoms with Gasteiger partial charge in [-0.1, -0.05) is 31.2 Å². The van der Waals surface area contributed by atoms with Gasteiger partial charge in [0.2, 0.25) is 0 Å². The van der Waals surface area contributed by atoms with Gasteiger partial charge < -0.3 is 9.47 Å². The van der Waals surface area contributed by atoms with Crippen LogP contribution in [-0.2, 0) is 11.2 Å². The maximum absolute atomic E-state index is 12.1.